The van der Waals surface area contributed by atoms with Crippen molar-refractivity contribution in [2.75, 3.05) is 13.7 Å². The summed E-state index contributed by atoms with van der Waals surface area (Å²) in [6.45, 7) is 4.32. The molecule has 5 heteroatoms. The van der Waals surface area contributed by atoms with Gasteiger partial charge in [0.25, 0.3) is 0 Å². The Morgan fingerprint density at radius 3 is 2.53 bits per heavy atom. The van der Waals surface area contributed by atoms with E-state index < -0.39 is 8.24 Å². The summed E-state index contributed by atoms with van der Waals surface area (Å²) < 4.78 is 4.77. The second-order valence-electron chi connectivity index (χ2n) is 3.80. The molecule has 0 aliphatic heterocycles. The molecular formula is C12H22NO2SiTi. The van der Waals surface area contributed by atoms with Crippen molar-refractivity contribution >= 4 is 14.1 Å². The second-order valence-corrected chi connectivity index (χ2v) is 7.84. The van der Waals surface area contributed by atoms with Crippen molar-refractivity contribution in [3.05, 3.63) is 38.3 Å². The van der Waals surface area contributed by atoms with Gasteiger partial charge >= 0.3 is 21.7 Å². The van der Waals surface area contributed by atoms with Crippen molar-refractivity contribution in [3.8, 4) is 0 Å². The number of allylic oxidation sites excluding steroid dienone is 4. The summed E-state index contributed by atoms with van der Waals surface area (Å²) in [6.07, 6.45) is 8.24. The molecule has 0 aromatic carbocycles. The van der Waals surface area contributed by atoms with Gasteiger partial charge in [0.2, 0.25) is 5.91 Å². The molecule has 1 amide bonds. The van der Waals surface area contributed by atoms with E-state index in [1.807, 2.05) is 0 Å². The zero-order chi connectivity index (χ0) is 10.6. The number of ether oxygens (including phenoxy) is 1. The van der Waals surface area contributed by atoms with E-state index in [4.69, 9.17) is 4.74 Å². The number of methoxy groups -OCH3 is 1. The fraction of sp³-hybridized carbons (Fsp3) is 0.417. The van der Waals surface area contributed by atoms with Crippen LogP contribution >= 0.6 is 0 Å². The van der Waals surface area contributed by atoms with E-state index >= 15 is 0 Å². The summed E-state index contributed by atoms with van der Waals surface area (Å²) in [6, 6.07) is 0. The molecule has 0 aromatic rings. The molecule has 0 saturated heterocycles. The smallest absolute Gasteiger partial charge is 0.379 e. The molecule has 3 nitrogen and oxygen atoms in total. The van der Waals surface area contributed by atoms with Crippen LogP contribution in [0.5, 0.6) is 0 Å². The van der Waals surface area contributed by atoms with Crippen molar-refractivity contribution in [3.63, 3.8) is 0 Å². The zero-order valence-corrected chi connectivity index (χ0v) is 13.9. The standard InChI is InChI=1S/C10H16NO2Si.2CH3.Ti/c1-13-8-10(12)11-14(2,3)9-6-4-5-7-9;;;/h4,6H,5,8H2,1-3H3,(H,11,12);2*1H3;/q3*-1;+3. The Hall–Kier alpha value is -0.159. The molecule has 1 N–H and O–H groups in total. The van der Waals surface area contributed by atoms with Gasteiger partial charge in [0.05, 0.1) is 0 Å². The van der Waals surface area contributed by atoms with Gasteiger partial charge in [-0.05, 0) is 13.1 Å². The summed E-state index contributed by atoms with van der Waals surface area (Å²) >= 11 is 0. The molecule has 1 aliphatic carbocycles. The number of rotatable bonds is 4. The maximum Gasteiger partial charge on any atom is 3.00 e. The van der Waals surface area contributed by atoms with E-state index in [9.17, 15) is 4.79 Å². The Kier molecular flexibility index (Phi) is 12.8. The van der Waals surface area contributed by atoms with E-state index in [0.717, 1.165) is 6.42 Å². The van der Waals surface area contributed by atoms with Crippen LogP contribution in [-0.2, 0) is 31.2 Å². The minimum atomic E-state index is -1.83. The topological polar surface area (TPSA) is 38.3 Å². The SMILES string of the molecule is COCC(=O)N[Si](C)(C)C1=[C-]CC=C1.[CH3-].[CH3-].[Ti+3]. The molecule has 0 aromatic heterocycles. The van der Waals surface area contributed by atoms with Crippen LogP contribution in [0.3, 0.4) is 0 Å². The molecule has 1 rings (SSSR count). The fourth-order valence-electron chi connectivity index (χ4n) is 1.42. The van der Waals surface area contributed by atoms with Gasteiger partial charge in [0.1, 0.15) is 14.8 Å². The van der Waals surface area contributed by atoms with E-state index in [0.29, 0.717) is 0 Å². The van der Waals surface area contributed by atoms with E-state index in [2.05, 4.69) is 36.3 Å². The maximum atomic E-state index is 11.3. The van der Waals surface area contributed by atoms with Gasteiger partial charge in [-0.25, -0.2) is 11.3 Å². The van der Waals surface area contributed by atoms with Gasteiger partial charge in [-0.1, -0.05) is 0 Å². The Bertz CT molecular complexity index is 288. The van der Waals surface area contributed by atoms with Crippen molar-refractivity contribution in [1.82, 2.24) is 4.98 Å². The van der Waals surface area contributed by atoms with Gasteiger partial charge in [-0.3, -0.25) is 10.9 Å². The number of hydrogen-bond donors (Lipinski definition) is 1. The van der Waals surface area contributed by atoms with E-state index in [-0.39, 0.29) is 49.1 Å². The number of amides is 1. The first-order valence-corrected chi connectivity index (χ1v) is 7.64. The summed E-state index contributed by atoms with van der Waals surface area (Å²) in [4.78, 5) is 14.4. The van der Waals surface area contributed by atoms with Crippen molar-refractivity contribution in [2.24, 2.45) is 0 Å². The predicted octanol–water partition coefficient (Wildman–Crippen LogP) is 2.08. The third-order valence-electron chi connectivity index (χ3n) is 2.10. The fourth-order valence-corrected chi connectivity index (χ4v) is 3.40. The average molecular weight is 288 g/mol. The third kappa shape index (κ3) is 6.99. The van der Waals surface area contributed by atoms with Crippen LogP contribution in [0.1, 0.15) is 6.42 Å². The van der Waals surface area contributed by atoms with Crippen LogP contribution in [0, 0.1) is 20.9 Å². The normalized spacial score (nSPS) is 12.8. The first-order chi connectivity index (χ1) is 6.56. The summed E-state index contributed by atoms with van der Waals surface area (Å²) in [5.74, 6) is -0.0428. The van der Waals surface area contributed by atoms with Crippen LogP contribution in [0.15, 0.2) is 17.3 Å². The average Bonchev–Trinajstić information content (AvgIpc) is 2.54. The van der Waals surface area contributed by atoms with Gasteiger partial charge in [-0.2, -0.15) is 6.08 Å². The first-order valence-electron chi connectivity index (χ1n) is 4.64. The Morgan fingerprint density at radius 1 is 1.53 bits per heavy atom. The molecule has 0 saturated carbocycles. The predicted molar refractivity (Wildman–Crippen MR) is 70.8 cm³/mol. The Morgan fingerprint density at radius 2 is 2.12 bits per heavy atom. The second kappa shape index (κ2) is 9.83. The number of hydrogen-bond acceptors (Lipinski definition) is 2. The van der Waals surface area contributed by atoms with Gasteiger partial charge in [-0.15, -0.1) is 6.42 Å². The minimum Gasteiger partial charge on any atom is -0.379 e. The van der Waals surface area contributed by atoms with Crippen LogP contribution in [-0.4, -0.2) is 27.9 Å². The summed E-state index contributed by atoms with van der Waals surface area (Å²) in [5, 5.41) is 1.17. The van der Waals surface area contributed by atoms with Crippen LogP contribution in [0.2, 0.25) is 13.1 Å². The molecule has 0 unspecified atom stereocenters. The van der Waals surface area contributed by atoms with Crippen LogP contribution in [0.25, 0.3) is 0 Å². The Labute approximate surface area is 122 Å². The number of carbonyl (C=O) groups is 1. The Balaban J connectivity index is -0.000000653. The van der Waals surface area contributed by atoms with Crippen molar-refractivity contribution in [2.45, 2.75) is 19.5 Å². The molecule has 17 heavy (non-hydrogen) atoms. The van der Waals surface area contributed by atoms with Crippen LogP contribution in [0.4, 0.5) is 0 Å². The summed E-state index contributed by atoms with van der Waals surface area (Å²) in [5.41, 5.74) is 0. The monoisotopic (exact) mass is 288 g/mol. The van der Waals surface area contributed by atoms with E-state index in [1.54, 1.807) is 0 Å². The molecule has 0 fully saturated rings. The molecule has 1 radical (unpaired) electrons. The molecule has 0 bridgehead atoms. The summed E-state index contributed by atoms with van der Waals surface area (Å²) in [7, 11) is -0.309. The zero-order valence-electron chi connectivity index (χ0n) is 11.4. The molecule has 1 aliphatic rings. The van der Waals surface area contributed by atoms with Crippen molar-refractivity contribution in [1.29, 1.82) is 0 Å². The van der Waals surface area contributed by atoms with Gasteiger partial charge in [0.15, 0.2) is 0 Å². The first kappa shape index (κ1) is 22.1. The quantitative estimate of drug-likeness (QED) is 0.635. The third-order valence-corrected chi connectivity index (χ3v) is 4.69. The van der Waals surface area contributed by atoms with Crippen LogP contribution < -0.4 is 4.98 Å². The molecule has 0 spiro atoms. The number of nitrogens with one attached hydrogen (secondary N) is 1. The molecular weight excluding hydrogens is 266 g/mol. The van der Waals surface area contributed by atoms with Gasteiger partial charge < -0.3 is 24.6 Å². The largest absolute Gasteiger partial charge is 3.00 e. The van der Waals surface area contributed by atoms with E-state index in [1.165, 1.54) is 12.3 Å². The molecule has 0 heterocycles. The molecule has 95 valence electrons. The maximum absolute atomic E-state index is 11.3. The number of carbonyl (C=O) groups excluding carboxylic acids is 1. The van der Waals surface area contributed by atoms with Gasteiger partial charge in [0, 0.05) is 7.11 Å². The minimum absolute atomic E-state index is 0. The molecule has 0 atom stereocenters. The van der Waals surface area contributed by atoms with Crippen molar-refractivity contribution < 1.29 is 31.2 Å².